The van der Waals surface area contributed by atoms with Crippen molar-refractivity contribution in [3.05, 3.63) is 142 Å². The summed E-state index contributed by atoms with van der Waals surface area (Å²) in [5, 5.41) is 12.4. The Hall–Kier alpha value is -5.27. The van der Waals surface area contributed by atoms with Crippen molar-refractivity contribution in [2.45, 2.75) is 38.0 Å². The molecule has 2 amide bonds. The van der Waals surface area contributed by atoms with Crippen LogP contribution in [-0.2, 0) is 24.6 Å². The van der Waals surface area contributed by atoms with Crippen molar-refractivity contribution in [3.8, 4) is 11.5 Å². The number of aromatic hydroxyl groups is 1. The summed E-state index contributed by atoms with van der Waals surface area (Å²) in [6.45, 7) is 3.98. The second-order valence-electron chi connectivity index (χ2n) is 13.9. The summed E-state index contributed by atoms with van der Waals surface area (Å²) >= 11 is 6.46. The fraction of sp³-hybridized carbons (Fsp3) is 0.256. The van der Waals surface area contributed by atoms with Gasteiger partial charge in [0.25, 0.3) is 0 Å². The summed E-state index contributed by atoms with van der Waals surface area (Å²) in [6, 6.07) is 28.8. The number of benzene rings is 4. The number of phenols is 1. The molecule has 1 aliphatic heterocycles. The van der Waals surface area contributed by atoms with Gasteiger partial charge < -0.3 is 9.84 Å². The molecule has 1 N–H and O–H groups in total. The zero-order valence-electron chi connectivity index (χ0n) is 28.2. The van der Waals surface area contributed by atoms with Gasteiger partial charge >= 0.3 is 0 Å². The third-order valence-electron chi connectivity index (χ3n) is 11.4. The van der Waals surface area contributed by atoms with E-state index < -0.39 is 35.0 Å². The average Bonchev–Trinajstić information content (AvgIpc) is 3.40. The van der Waals surface area contributed by atoms with Crippen molar-refractivity contribution in [2.24, 2.45) is 23.7 Å². The SMILES string of the molecule is CCOc1cccc(C2C3=CCC4C(=O)N(c5ccc(C)c(Cl)c5)C(=O)C4C3CC3C(=O)C(c4ccccc4)=CC(=O)C32c2ccccc2)c1O. The Morgan fingerprint density at radius 1 is 0.882 bits per heavy atom. The molecule has 0 bridgehead atoms. The first-order valence-corrected chi connectivity index (χ1v) is 17.8. The van der Waals surface area contributed by atoms with E-state index in [2.05, 4.69) is 0 Å². The molecule has 4 aromatic carbocycles. The number of nitrogens with zero attached hydrogens (tertiary/aromatic N) is 1. The maximum atomic E-state index is 15.2. The number of ketones is 2. The molecule has 2 fully saturated rings. The quantitative estimate of drug-likeness (QED) is 0.163. The van der Waals surface area contributed by atoms with Gasteiger partial charge in [-0.2, -0.15) is 0 Å². The molecule has 256 valence electrons. The number of carbonyl (C=O) groups is 4. The highest BCUT2D eigenvalue weighted by Crippen LogP contribution is 2.65. The number of phenolic OH excluding ortho intramolecular Hbond substituents is 1. The predicted octanol–water partition coefficient (Wildman–Crippen LogP) is 7.78. The van der Waals surface area contributed by atoms with Crippen LogP contribution in [0.3, 0.4) is 0 Å². The molecule has 8 rings (SSSR count). The lowest BCUT2D eigenvalue weighted by atomic mass is 9.44. The lowest BCUT2D eigenvalue weighted by Gasteiger charge is -2.55. The topological polar surface area (TPSA) is 101 Å². The number of ether oxygens (including phenoxy) is 1. The Bertz CT molecular complexity index is 2180. The van der Waals surface area contributed by atoms with E-state index in [0.717, 1.165) is 11.1 Å². The van der Waals surface area contributed by atoms with Crippen LogP contribution in [0.2, 0.25) is 5.02 Å². The van der Waals surface area contributed by atoms with Gasteiger partial charge in [0.2, 0.25) is 11.8 Å². The van der Waals surface area contributed by atoms with Crippen LogP contribution in [0.4, 0.5) is 5.69 Å². The average molecular weight is 698 g/mol. The maximum Gasteiger partial charge on any atom is 0.238 e. The number of fused-ring (bicyclic) bond motifs is 4. The highest BCUT2D eigenvalue weighted by Gasteiger charge is 2.66. The minimum absolute atomic E-state index is 0.120. The third-order valence-corrected chi connectivity index (χ3v) is 11.8. The molecular formula is C43H36ClNO6. The Kier molecular flexibility index (Phi) is 8.06. The fourth-order valence-corrected chi connectivity index (χ4v) is 9.41. The number of rotatable bonds is 6. The second kappa shape index (κ2) is 12.5. The largest absolute Gasteiger partial charge is 0.504 e. The Morgan fingerprint density at radius 2 is 1.61 bits per heavy atom. The molecule has 7 nitrogen and oxygen atoms in total. The number of para-hydroxylation sites is 1. The van der Waals surface area contributed by atoms with Crippen LogP contribution in [0.15, 0.2) is 115 Å². The van der Waals surface area contributed by atoms with E-state index in [-0.39, 0.29) is 47.7 Å². The predicted molar refractivity (Wildman–Crippen MR) is 195 cm³/mol. The van der Waals surface area contributed by atoms with Crippen molar-refractivity contribution in [1.82, 2.24) is 0 Å². The first-order chi connectivity index (χ1) is 24.7. The summed E-state index contributed by atoms with van der Waals surface area (Å²) in [4.78, 5) is 60.2. The molecule has 51 heavy (non-hydrogen) atoms. The lowest BCUT2D eigenvalue weighted by molar-refractivity contribution is -0.135. The van der Waals surface area contributed by atoms with Crippen LogP contribution in [-0.4, -0.2) is 35.1 Å². The van der Waals surface area contributed by atoms with E-state index >= 15 is 9.59 Å². The smallest absolute Gasteiger partial charge is 0.238 e. The molecule has 6 atom stereocenters. The minimum atomic E-state index is -1.45. The summed E-state index contributed by atoms with van der Waals surface area (Å²) in [5.74, 6) is -4.76. The van der Waals surface area contributed by atoms with E-state index in [1.54, 1.807) is 36.4 Å². The van der Waals surface area contributed by atoms with Crippen molar-refractivity contribution >= 4 is 46.2 Å². The lowest BCUT2D eigenvalue weighted by Crippen LogP contribution is -2.58. The number of allylic oxidation sites excluding steroid dienone is 4. The van der Waals surface area contributed by atoms with Crippen molar-refractivity contribution in [2.75, 3.05) is 11.5 Å². The summed E-state index contributed by atoms with van der Waals surface area (Å²) in [6.07, 6.45) is 3.88. The zero-order valence-corrected chi connectivity index (χ0v) is 29.0. The molecule has 4 aromatic rings. The number of imide groups is 1. The van der Waals surface area contributed by atoms with Crippen LogP contribution in [0, 0.1) is 30.6 Å². The van der Waals surface area contributed by atoms with Gasteiger partial charge in [-0.05, 0) is 73.6 Å². The fourth-order valence-electron chi connectivity index (χ4n) is 9.24. The van der Waals surface area contributed by atoms with Crippen LogP contribution in [0.5, 0.6) is 11.5 Å². The number of anilines is 1. The number of carbonyl (C=O) groups excluding carboxylic acids is 4. The number of Topliss-reactive ketones (excluding diaryl/α,β-unsaturated/α-hetero) is 1. The molecule has 4 aliphatic rings. The van der Waals surface area contributed by atoms with Crippen LogP contribution in [0.1, 0.15) is 47.9 Å². The van der Waals surface area contributed by atoms with Gasteiger partial charge in [0.1, 0.15) is 0 Å². The molecule has 1 heterocycles. The normalized spacial score (nSPS) is 27.0. The van der Waals surface area contributed by atoms with E-state index in [9.17, 15) is 14.7 Å². The van der Waals surface area contributed by atoms with E-state index in [4.69, 9.17) is 16.3 Å². The number of hydrogen-bond donors (Lipinski definition) is 1. The van der Waals surface area contributed by atoms with Gasteiger partial charge in [-0.1, -0.05) is 102 Å². The van der Waals surface area contributed by atoms with Crippen molar-refractivity contribution in [3.63, 3.8) is 0 Å². The van der Waals surface area contributed by atoms with Gasteiger partial charge in [-0.25, -0.2) is 4.90 Å². The van der Waals surface area contributed by atoms with E-state index in [1.807, 2.05) is 80.6 Å². The Balaban J connectivity index is 1.37. The zero-order chi connectivity index (χ0) is 35.6. The Labute approximate surface area is 301 Å². The summed E-state index contributed by atoms with van der Waals surface area (Å²) < 4.78 is 5.83. The van der Waals surface area contributed by atoms with Gasteiger partial charge in [0.15, 0.2) is 23.1 Å². The maximum absolute atomic E-state index is 15.2. The third kappa shape index (κ3) is 4.85. The molecule has 0 radical (unpaired) electrons. The van der Waals surface area contributed by atoms with Gasteiger partial charge in [-0.15, -0.1) is 0 Å². The molecule has 8 heteroatoms. The van der Waals surface area contributed by atoms with Crippen LogP contribution < -0.4 is 9.64 Å². The van der Waals surface area contributed by atoms with Gasteiger partial charge in [0, 0.05) is 28.0 Å². The van der Waals surface area contributed by atoms with E-state index in [1.165, 1.54) is 11.0 Å². The Morgan fingerprint density at radius 3 is 2.31 bits per heavy atom. The summed E-state index contributed by atoms with van der Waals surface area (Å²) in [5.41, 5.74) is 2.57. The molecule has 1 saturated carbocycles. The number of amides is 2. The highest BCUT2D eigenvalue weighted by atomic mass is 35.5. The van der Waals surface area contributed by atoms with Gasteiger partial charge in [0.05, 0.1) is 29.5 Å². The molecule has 0 spiro atoms. The van der Waals surface area contributed by atoms with Gasteiger partial charge in [-0.3, -0.25) is 19.2 Å². The summed E-state index contributed by atoms with van der Waals surface area (Å²) in [7, 11) is 0. The molecule has 6 unspecified atom stereocenters. The number of hydrogen-bond acceptors (Lipinski definition) is 6. The monoisotopic (exact) mass is 697 g/mol. The first-order valence-electron chi connectivity index (χ1n) is 17.4. The first kappa shape index (κ1) is 32.9. The number of aryl methyl sites for hydroxylation is 1. The minimum Gasteiger partial charge on any atom is -0.504 e. The molecular weight excluding hydrogens is 662 g/mol. The van der Waals surface area contributed by atoms with E-state index in [0.29, 0.717) is 39.6 Å². The highest BCUT2D eigenvalue weighted by molar-refractivity contribution is 6.33. The second-order valence-corrected chi connectivity index (χ2v) is 14.3. The number of halogens is 1. The van der Waals surface area contributed by atoms with Crippen LogP contribution in [0.25, 0.3) is 5.57 Å². The van der Waals surface area contributed by atoms with Crippen molar-refractivity contribution < 1.29 is 29.0 Å². The molecule has 3 aliphatic carbocycles. The molecule has 1 saturated heterocycles. The van der Waals surface area contributed by atoms with Crippen LogP contribution >= 0.6 is 11.6 Å². The van der Waals surface area contributed by atoms with Crippen molar-refractivity contribution in [1.29, 1.82) is 0 Å². The standard InChI is InChI=1S/C43H36ClNO6/c1-3-51-35-16-10-15-30(40(35)48)38-28-19-20-29-37(42(50)45(41(29)49)27-18-17-24(2)34(44)21-27)32(28)22-33-39(47)31(25-11-6-4-7-12-25)23-36(46)43(33,38)26-13-8-5-9-14-26/h4-19,21,23,29,32-33,37-38,48H,3,20,22H2,1-2H3. The molecule has 0 aromatic heterocycles.